The van der Waals surface area contributed by atoms with Gasteiger partial charge in [-0.3, -0.25) is 0 Å². The van der Waals surface area contributed by atoms with E-state index in [2.05, 4.69) is 0 Å². The van der Waals surface area contributed by atoms with E-state index in [4.69, 9.17) is 0 Å². The fraction of sp³-hybridized carbons (Fsp3) is 0.467. The summed E-state index contributed by atoms with van der Waals surface area (Å²) in [6.07, 6.45) is 0.605. The first kappa shape index (κ1) is 15.8. The van der Waals surface area contributed by atoms with Crippen molar-refractivity contribution in [3.63, 3.8) is 0 Å². The SMILES string of the molecule is O=C(O)c1cccc2c1CN(C(=O)N1CCS(=O)(=O)CC1)CC2. The van der Waals surface area contributed by atoms with E-state index in [0.29, 0.717) is 18.5 Å². The monoisotopic (exact) mass is 338 g/mol. The van der Waals surface area contributed by atoms with E-state index in [-0.39, 0.29) is 42.7 Å². The Hall–Kier alpha value is -2.09. The molecule has 2 heterocycles. The second kappa shape index (κ2) is 5.84. The van der Waals surface area contributed by atoms with Crippen molar-refractivity contribution in [2.75, 3.05) is 31.1 Å². The second-order valence-electron chi connectivity index (χ2n) is 5.84. The normalized spacial score (nSPS) is 20.0. The number of rotatable bonds is 1. The van der Waals surface area contributed by atoms with Gasteiger partial charge in [-0.2, -0.15) is 0 Å². The summed E-state index contributed by atoms with van der Waals surface area (Å²) in [5, 5.41) is 9.29. The van der Waals surface area contributed by atoms with E-state index in [9.17, 15) is 23.1 Å². The Morgan fingerprint density at radius 3 is 2.39 bits per heavy atom. The van der Waals surface area contributed by atoms with Crippen molar-refractivity contribution in [3.05, 3.63) is 34.9 Å². The summed E-state index contributed by atoms with van der Waals surface area (Å²) >= 11 is 0. The number of hydrogen-bond acceptors (Lipinski definition) is 4. The maximum atomic E-state index is 12.6. The Bertz CT molecular complexity index is 745. The Labute approximate surface area is 134 Å². The van der Waals surface area contributed by atoms with Gasteiger partial charge in [0.05, 0.1) is 17.1 Å². The summed E-state index contributed by atoms with van der Waals surface area (Å²) in [6.45, 7) is 1.16. The zero-order chi connectivity index (χ0) is 16.6. The number of carbonyl (C=O) groups excluding carboxylic acids is 1. The van der Waals surface area contributed by atoms with Crippen LogP contribution in [0.1, 0.15) is 21.5 Å². The van der Waals surface area contributed by atoms with Gasteiger partial charge in [-0.05, 0) is 23.6 Å². The van der Waals surface area contributed by atoms with Crippen LogP contribution in [0.2, 0.25) is 0 Å². The molecule has 1 fully saturated rings. The lowest BCUT2D eigenvalue weighted by Crippen LogP contribution is -2.51. The summed E-state index contributed by atoms with van der Waals surface area (Å²) < 4.78 is 22.9. The average molecular weight is 338 g/mol. The van der Waals surface area contributed by atoms with Crippen molar-refractivity contribution < 1.29 is 23.1 Å². The van der Waals surface area contributed by atoms with E-state index in [1.165, 1.54) is 4.90 Å². The van der Waals surface area contributed by atoms with Gasteiger partial charge >= 0.3 is 12.0 Å². The first-order chi connectivity index (χ1) is 10.9. The zero-order valence-electron chi connectivity index (χ0n) is 12.6. The third-order valence-electron chi connectivity index (χ3n) is 4.39. The highest BCUT2D eigenvalue weighted by Gasteiger charge is 2.31. The van der Waals surface area contributed by atoms with Gasteiger partial charge in [-0.25, -0.2) is 18.0 Å². The molecule has 2 aliphatic heterocycles. The smallest absolute Gasteiger partial charge is 0.336 e. The molecular formula is C15H18N2O5S. The van der Waals surface area contributed by atoms with E-state index >= 15 is 0 Å². The quantitative estimate of drug-likeness (QED) is 0.809. The predicted octanol–water partition coefficient (Wildman–Crippen LogP) is 0.593. The van der Waals surface area contributed by atoms with Crippen LogP contribution in [0.25, 0.3) is 0 Å². The molecule has 124 valence electrons. The van der Waals surface area contributed by atoms with Crippen LogP contribution in [0, 0.1) is 0 Å². The van der Waals surface area contributed by atoms with Crippen molar-refractivity contribution in [3.8, 4) is 0 Å². The number of benzene rings is 1. The van der Waals surface area contributed by atoms with Gasteiger partial charge in [-0.15, -0.1) is 0 Å². The Balaban J connectivity index is 1.77. The van der Waals surface area contributed by atoms with E-state index in [1.54, 1.807) is 17.0 Å². The molecule has 7 nitrogen and oxygen atoms in total. The average Bonchev–Trinajstić information content (AvgIpc) is 2.53. The van der Waals surface area contributed by atoms with Gasteiger partial charge in [-0.1, -0.05) is 12.1 Å². The molecule has 2 amide bonds. The molecular weight excluding hydrogens is 320 g/mol. The van der Waals surface area contributed by atoms with Gasteiger partial charge in [0.25, 0.3) is 0 Å². The summed E-state index contributed by atoms with van der Waals surface area (Å²) in [5.41, 5.74) is 1.85. The highest BCUT2D eigenvalue weighted by atomic mass is 32.2. The lowest BCUT2D eigenvalue weighted by atomic mass is 9.95. The van der Waals surface area contributed by atoms with Crippen molar-refractivity contribution in [1.29, 1.82) is 0 Å². The van der Waals surface area contributed by atoms with E-state index in [0.717, 1.165) is 5.56 Å². The van der Waals surface area contributed by atoms with Crippen LogP contribution in [-0.4, -0.2) is 66.5 Å². The molecule has 8 heteroatoms. The molecule has 0 atom stereocenters. The minimum atomic E-state index is -3.04. The molecule has 1 aromatic carbocycles. The van der Waals surface area contributed by atoms with Crippen LogP contribution in [0.3, 0.4) is 0 Å². The molecule has 0 unspecified atom stereocenters. The Morgan fingerprint density at radius 2 is 1.74 bits per heavy atom. The maximum Gasteiger partial charge on any atom is 0.336 e. The largest absolute Gasteiger partial charge is 0.478 e. The number of carbonyl (C=O) groups is 2. The highest BCUT2D eigenvalue weighted by molar-refractivity contribution is 7.91. The molecule has 23 heavy (non-hydrogen) atoms. The van der Waals surface area contributed by atoms with Crippen LogP contribution in [0.5, 0.6) is 0 Å². The number of amides is 2. The molecule has 3 rings (SSSR count). The van der Waals surface area contributed by atoms with Gasteiger partial charge in [0.15, 0.2) is 9.84 Å². The first-order valence-corrected chi connectivity index (χ1v) is 9.28. The molecule has 0 aromatic heterocycles. The van der Waals surface area contributed by atoms with Crippen LogP contribution in [-0.2, 0) is 22.8 Å². The van der Waals surface area contributed by atoms with Crippen molar-refractivity contribution >= 4 is 21.8 Å². The van der Waals surface area contributed by atoms with E-state index < -0.39 is 15.8 Å². The van der Waals surface area contributed by atoms with Gasteiger partial charge < -0.3 is 14.9 Å². The maximum absolute atomic E-state index is 12.6. The lowest BCUT2D eigenvalue weighted by molar-refractivity contribution is 0.0693. The van der Waals surface area contributed by atoms with Crippen LogP contribution in [0.4, 0.5) is 4.79 Å². The van der Waals surface area contributed by atoms with Crippen LogP contribution in [0.15, 0.2) is 18.2 Å². The van der Waals surface area contributed by atoms with Crippen molar-refractivity contribution in [1.82, 2.24) is 9.80 Å². The number of nitrogens with zero attached hydrogens (tertiary/aromatic N) is 2. The third-order valence-corrected chi connectivity index (χ3v) is 6.00. The van der Waals surface area contributed by atoms with Crippen molar-refractivity contribution in [2.24, 2.45) is 0 Å². The minimum absolute atomic E-state index is 0.0104. The van der Waals surface area contributed by atoms with E-state index in [1.807, 2.05) is 6.07 Å². The minimum Gasteiger partial charge on any atom is -0.478 e. The number of fused-ring (bicyclic) bond motifs is 1. The number of urea groups is 1. The molecule has 1 saturated heterocycles. The van der Waals surface area contributed by atoms with Gasteiger partial charge in [0.1, 0.15) is 0 Å². The zero-order valence-corrected chi connectivity index (χ0v) is 13.4. The summed E-state index contributed by atoms with van der Waals surface area (Å²) in [4.78, 5) is 27.0. The fourth-order valence-corrected chi connectivity index (χ4v) is 4.25. The molecule has 1 N–H and O–H groups in total. The number of carboxylic acids is 1. The molecule has 0 aliphatic carbocycles. The molecule has 0 bridgehead atoms. The fourth-order valence-electron chi connectivity index (χ4n) is 3.05. The summed E-state index contributed by atoms with van der Waals surface area (Å²) in [5.74, 6) is -1.02. The topological polar surface area (TPSA) is 95.0 Å². The lowest BCUT2D eigenvalue weighted by Gasteiger charge is -2.35. The standard InChI is InChI=1S/C15H18N2O5S/c18-14(19)12-3-1-2-11-4-5-17(10-13(11)12)15(20)16-6-8-23(21,22)9-7-16/h1-3H,4-10H2,(H,18,19). The number of hydrogen-bond donors (Lipinski definition) is 1. The molecule has 2 aliphatic rings. The van der Waals surface area contributed by atoms with Gasteiger partial charge in [0.2, 0.25) is 0 Å². The predicted molar refractivity (Wildman–Crippen MR) is 83.1 cm³/mol. The summed E-state index contributed by atoms with van der Waals surface area (Å²) in [6, 6.07) is 4.93. The first-order valence-electron chi connectivity index (χ1n) is 7.46. The van der Waals surface area contributed by atoms with Crippen molar-refractivity contribution in [2.45, 2.75) is 13.0 Å². The van der Waals surface area contributed by atoms with Crippen LogP contribution >= 0.6 is 0 Å². The molecule has 0 radical (unpaired) electrons. The van der Waals surface area contributed by atoms with Gasteiger partial charge in [0, 0.05) is 26.2 Å². The molecule has 0 saturated carbocycles. The van der Waals surface area contributed by atoms with Crippen LogP contribution < -0.4 is 0 Å². The molecule has 0 spiro atoms. The highest BCUT2D eigenvalue weighted by Crippen LogP contribution is 2.24. The number of carboxylic acid groups (broad SMARTS) is 1. The third kappa shape index (κ3) is 3.17. The Kier molecular flexibility index (Phi) is 4.01. The molecule has 1 aromatic rings. The number of sulfone groups is 1. The Morgan fingerprint density at radius 1 is 1.04 bits per heavy atom. The summed E-state index contributed by atoms with van der Waals surface area (Å²) in [7, 11) is -3.04. The second-order valence-corrected chi connectivity index (χ2v) is 8.15. The number of aromatic carboxylic acids is 1.